The molecule has 2 aliphatic rings. The van der Waals surface area contributed by atoms with Crippen molar-refractivity contribution in [3.05, 3.63) is 0 Å². The van der Waals surface area contributed by atoms with Crippen LogP contribution in [0.5, 0.6) is 0 Å². The lowest BCUT2D eigenvalue weighted by atomic mass is 9.64. The predicted octanol–water partition coefficient (Wildman–Crippen LogP) is 1.83. The highest BCUT2D eigenvalue weighted by Crippen LogP contribution is 2.49. The highest BCUT2D eigenvalue weighted by molar-refractivity contribution is 5.06. The molecule has 1 heterocycles. The van der Waals surface area contributed by atoms with Crippen molar-refractivity contribution in [3.8, 4) is 0 Å². The molecule has 2 atom stereocenters. The van der Waals surface area contributed by atoms with Gasteiger partial charge in [-0.1, -0.05) is 25.7 Å². The fourth-order valence-corrected chi connectivity index (χ4v) is 3.65. The van der Waals surface area contributed by atoms with Gasteiger partial charge >= 0.3 is 0 Å². The van der Waals surface area contributed by atoms with Crippen LogP contribution in [0.2, 0.25) is 0 Å². The number of aliphatic hydroxyl groups is 1. The lowest BCUT2D eigenvalue weighted by Gasteiger charge is -2.46. The Kier molecular flexibility index (Phi) is 3.57. The van der Waals surface area contributed by atoms with Crippen LogP contribution in [0.15, 0.2) is 0 Å². The number of hydrogen-bond donors (Lipinski definition) is 2. The molecule has 2 rings (SSSR count). The maximum absolute atomic E-state index is 11.0. The van der Waals surface area contributed by atoms with Gasteiger partial charge in [0.25, 0.3) is 0 Å². The quantitative estimate of drug-likeness (QED) is 0.708. The molecule has 1 saturated carbocycles. The molecule has 0 radical (unpaired) electrons. The standard InChI is InChI=1S/C13H25NO2/c1-11-13(15,8-9-16-11)12(10-14)6-4-2-3-5-7-12/h11,15H,2-10,14H2,1H3. The minimum atomic E-state index is -0.688. The fraction of sp³-hybridized carbons (Fsp3) is 1.00. The van der Waals surface area contributed by atoms with Crippen molar-refractivity contribution in [3.63, 3.8) is 0 Å². The molecule has 0 aromatic rings. The van der Waals surface area contributed by atoms with Crippen LogP contribution in [0.25, 0.3) is 0 Å². The minimum Gasteiger partial charge on any atom is -0.386 e. The van der Waals surface area contributed by atoms with Crippen molar-refractivity contribution >= 4 is 0 Å². The summed E-state index contributed by atoms with van der Waals surface area (Å²) >= 11 is 0. The Balaban J connectivity index is 2.24. The maximum Gasteiger partial charge on any atom is 0.0995 e. The minimum absolute atomic E-state index is 0.0610. The molecule has 94 valence electrons. The molecular formula is C13H25NO2. The van der Waals surface area contributed by atoms with E-state index in [1.165, 1.54) is 25.7 Å². The number of rotatable bonds is 2. The zero-order chi connectivity index (χ0) is 11.6. The molecule has 0 amide bonds. The van der Waals surface area contributed by atoms with Gasteiger partial charge in [0.15, 0.2) is 0 Å². The van der Waals surface area contributed by atoms with Gasteiger partial charge < -0.3 is 15.6 Å². The molecule has 0 aromatic heterocycles. The highest BCUT2D eigenvalue weighted by Gasteiger charge is 2.55. The second kappa shape index (κ2) is 4.63. The van der Waals surface area contributed by atoms with E-state index in [2.05, 4.69) is 0 Å². The second-order valence-corrected chi connectivity index (χ2v) is 5.59. The first-order valence-corrected chi connectivity index (χ1v) is 6.69. The van der Waals surface area contributed by atoms with Crippen molar-refractivity contribution < 1.29 is 9.84 Å². The van der Waals surface area contributed by atoms with Crippen LogP contribution in [0.4, 0.5) is 0 Å². The molecule has 1 aliphatic carbocycles. The largest absolute Gasteiger partial charge is 0.386 e. The summed E-state index contributed by atoms with van der Waals surface area (Å²) in [5.74, 6) is 0. The third-order valence-electron chi connectivity index (χ3n) is 4.89. The predicted molar refractivity (Wildman–Crippen MR) is 64.2 cm³/mol. The molecule has 0 spiro atoms. The molecule has 3 N–H and O–H groups in total. The topological polar surface area (TPSA) is 55.5 Å². The zero-order valence-corrected chi connectivity index (χ0v) is 10.4. The van der Waals surface area contributed by atoms with Gasteiger partial charge in [-0.05, 0) is 19.8 Å². The van der Waals surface area contributed by atoms with E-state index >= 15 is 0 Å². The van der Waals surface area contributed by atoms with E-state index in [0.717, 1.165) is 19.3 Å². The smallest absolute Gasteiger partial charge is 0.0995 e. The van der Waals surface area contributed by atoms with Crippen molar-refractivity contribution in [2.75, 3.05) is 13.2 Å². The normalized spacial score (nSPS) is 39.6. The fourth-order valence-electron chi connectivity index (χ4n) is 3.65. The lowest BCUT2D eigenvalue weighted by Crippen LogP contribution is -2.56. The molecule has 16 heavy (non-hydrogen) atoms. The lowest BCUT2D eigenvalue weighted by molar-refractivity contribution is -0.124. The van der Waals surface area contributed by atoms with Crippen LogP contribution in [0.1, 0.15) is 51.9 Å². The zero-order valence-electron chi connectivity index (χ0n) is 10.4. The van der Waals surface area contributed by atoms with Crippen LogP contribution in [0, 0.1) is 5.41 Å². The Morgan fingerprint density at radius 3 is 2.25 bits per heavy atom. The van der Waals surface area contributed by atoms with E-state index in [-0.39, 0.29) is 11.5 Å². The third kappa shape index (κ3) is 1.79. The molecule has 1 saturated heterocycles. The molecule has 0 bridgehead atoms. The SMILES string of the molecule is CC1OCCC1(O)C1(CN)CCCCCC1. The van der Waals surface area contributed by atoms with Crippen LogP contribution in [-0.2, 0) is 4.74 Å². The van der Waals surface area contributed by atoms with E-state index in [1.807, 2.05) is 6.92 Å². The molecule has 3 heteroatoms. The monoisotopic (exact) mass is 227 g/mol. The maximum atomic E-state index is 11.0. The summed E-state index contributed by atoms with van der Waals surface area (Å²) in [5, 5.41) is 11.0. The van der Waals surface area contributed by atoms with Gasteiger partial charge in [-0.15, -0.1) is 0 Å². The van der Waals surface area contributed by atoms with Crippen molar-refractivity contribution in [2.45, 2.75) is 63.6 Å². The Bertz CT molecular complexity index is 236. The Labute approximate surface area is 98.4 Å². The summed E-state index contributed by atoms with van der Waals surface area (Å²) in [4.78, 5) is 0. The van der Waals surface area contributed by atoms with E-state index in [4.69, 9.17) is 10.5 Å². The van der Waals surface area contributed by atoms with E-state index in [1.54, 1.807) is 0 Å². The average Bonchev–Trinajstić information content (AvgIpc) is 2.55. The van der Waals surface area contributed by atoms with Gasteiger partial charge in [0, 0.05) is 25.0 Å². The summed E-state index contributed by atoms with van der Waals surface area (Å²) in [7, 11) is 0. The van der Waals surface area contributed by atoms with Crippen LogP contribution >= 0.6 is 0 Å². The summed E-state index contributed by atoms with van der Waals surface area (Å²) in [6.45, 7) is 3.27. The first-order chi connectivity index (χ1) is 7.65. The molecule has 2 unspecified atom stereocenters. The van der Waals surface area contributed by atoms with E-state index < -0.39 is 5.60 Å². The second-order valence-electron chi connectivity index (χ2n) is 5.59. The van der Waals surface area contributed by atoms with Gasteiger partial charge in [-0.2, -0.15) is 0 Å². The molecule has 3 nitrogen and oxygen atoms in total. The number of hydrogen-bond acceptors (Lipinski definition) is 3. The molecular weight excluding hydrogens is 202 g/mol. The van der Waals surface area contributed by atoms with Crippen molar-refractivity contribution in [1.82, 2.24) is 0 Å². The molecule has 2 fully saturated rings. The van der Waals surface area contributed by atoms with Gasteiger partial charge in [0.05, 0.1) is 11.7 Å². The summed E-state index contributed by atoms with van der Waals surface area (Å²) < 4.78 is 5.58. The van der Waals surface area contributed by atoms with E-state index in [0.29, 0.717) is 13.2 Å². The van der Waals surface area contributed by atoms with Gasteiger partial charge in [-0.3, -0.25) is 0 Å². The van der Waals surface area contributed by atoms with Crippen molar-refractivity contribution in [2.24, 2.45) is 11.1 Å². The molecule has 0 aromatic carbocycles. The molecule has 1 aliphatic heterocycles. The van der Waals surface area contributed by atoms with E-state index in [9.17, 15) is 5.11 Å². The van der Waals surface area contributed by atoms with Crippen LogP contribution in [0.3, 0.4) is 0 Å². The van der Waals surface area contributed by atoms with Gasteiger partial charge in [0.1, 0.15) is 0 Å². The first-order valence-electron chi connectivity index (χ1n) is 6.69. The van der Waals surface area contributed by atoms with Gasteiger partial charge in [0.2, 0.25) is 0 Å². The van der Waals surface area contributed by atoms with Crippen LogP contribution in [-0.4, -0.2) is 30.0 Å². The number of ether oxygens (including phenoxy) is 1. The summed E-state index contributed by atoms with van der Waals surface area (Å²) in [6.07, 6.45) is 7.79. The first kappa shape index (κ1) is 12.3. The summed E-state index contributed by atoms with van der Waals surface area (Å²) in [5.41, 5.74) is 5.23. The van der Waals surface area contributed by atoms with Crippen molar-refractivity contribution in [1.29, 1.82) is 0 Å². The average molecular weight is 227 g/mol. The Morgan fingerprint density at radius 1 is 1.19 bits per heavy atom. The third-order valence-corrected chi connectivity index (χ3v) is 4.89. The summed E-state index contributed by atoms with van der Waals surface area (Å²) in [6, 6.07) is 0. The number of nitrogens with two attached hydrogens (primary N) is 1. The van der Waals surface area contributed by atoms with Crippen LogP contribution < -0.4 is 5.73 Å². The van der Waals surface area contributed by atoms with Gasteiger partial charge in [-0.25, -0.2) is 0 Å². The Hall–Kier alpha value is -0.120. The Morgan fingerprint density at radius 2 is 1.81 bits per heavy atom. The highest BCUT2D eigenvalue weighted by atomic mass is 16.5.